The summed E-state index contributed by atoms with van der Waals surface area (Å²) >= 11 is 1.86. The monoisotopic (exact) mass is 239 g/mol. The largest absolute Gasteiger partial charge is 0.494 e. The molecule has 0 aliphatic heterocycles. The van der Waals surface area contributed by atoms with E-state index in [1.54, 1.807) is 0 Å². The number of thioether (sulfide) groups is 1. The second kappa shape index (κ2) is 7.58. The highest BCUT2D eigenvalue weighted by Crippen LogP contribution is 2.18. The van der Waals surface area contributed by atoms with Gasteiger partial charge in [-0.3, -0.25) is 0 Å². The van der Waals surface area contributed by atoms with Gasteiger partial charge in [0.15, 0.2) is 0 Å². The van der Waals surface area contributed by atoms with Crippen molar-refractivity contribution in [2.75, 3.05) is 25.2 Å². The summed E-state index contributed by atoms with van der Waals surface area (Å²) in [4.78, 5) is 0. The smallest absolute Gasteiger partial charge is 0.119 e. The van der Waals surface area contributed by atoms with Gasteiger partial charge in [-0.05, 0) is 37.8 Å². The van der Waals surface area contributed by atoms with Gasteiger partial charge in [-0.2, -0.15) is 11.8 Å². The Morgan fingerprint density at radius 1 is 1.44 bits per heavy atom. The van der Waals surface area contributed by atoms with Crippen LogP contribution in [0.3, 0.4) is 0 Å². The van der Waals surface area contributed by atoms with E-state index < -0.39 is 0 Å². The maximum absolute atomic E-state index is 5.49. The second-order valence-corrected chi connectivity index (χ2v) is 4.66. The molecule has 0 aromatic heterocycles. The molecule has 1 unspecified atom stereocenters. The molecule has 1 aromatic rings. The van der Waals surface area contributed by atoms with E-state index in [4.69, 9.17) is 4.74 Å². The van der Waals surface area contributed by atoms with E-state index in [2.05, 4.69) is 30.6 Å². The average molecular weight is 239 g/mol. The van der Waals surface area contributed by atoms with Crippen molar-refractivity contribution < 1.29 is 4.74 Å². The predicted molar refractivity (Wildman–Crippen MR) is 72.4 cm³/mol. The van der Waals surface area contributed by atoms with Crippen molar-refractivity contribution in [2.24, 2.45) is 0 Å². The minimum absolute atomic E-state index is 0.382. The minimum Gasteiger partial charge on any atom is -0.494 e. The molecule has 0 heterocycles. The Bertz CT molecular complexity index is 304. The third-order valence-corrected chi connectivity index (χ3v) is 3.04. The van der Waals surface area contributed by atoms with Crippen LogP contribution in [-0.4, -0.2) is 25.2 Å². The standard InChI is InChI=1S/C13H21NOS/c1-4-15-13-7-5-6-12(10-13)11(2)14-8-9-16-3/h5-7,10-11,14H,4,8-9H2,1-3H3. The van der Waals surface area contributed by atoms with Gasteiger partial charge in [0.2, 0.25) is 0 Å². The van der Waals surface area contributed by atoms with Crippen LogP contribution in [0.2, 0.25) is 0 Å². The third-order valence-electron chi connectivity index (χ3n) is 2.43. The van der Waals surface area contributed by atoms with E-state index in [0.717, 1.165) is 24.7 Å². The molecular weight excluding hydrogens is 218 g/mol. The number of hydrogen-bond donors (Lipinski definition) is 1. The van der Waals surface area contributed by atoms with Gasteiger partial charge in [-0.15, -0.1) is 0 Å². The zero-order chi connectivity index (χ0) is 11.8. The lowest BCUT2D eigenvalue weighted by Gasteiger charge is -2.15. The molecule has 16 heavy (non-hydrogen) atoms. The highest BCUT2D eigenvalue weighted by atomic mass is 32.2. The lowest BCUT2D eigenvalue weighted by molar-refractivity contribution is 0.339. The Labute approximate surface area is 103 Å². The Hall–Kier alpha value is -0.670. The molecule has 0 bridgehead atoms. The number of nitrogens with one attached hydrogen (secondary N) is 1. The SMILES string of the molecule is CCOc1cccc(C(C)NCCSC)c1. The molecule has 1 N–H and O–H groups in total. The molecule has 0 aliphatic rings. The summed E-state index contributed by atoms with van der Waals surface area (Å²) in [6.07, 6.45) is 2.13. The minimum atomic E-state index is 0.382. The van der Waals surface area contributed by atoms with Gasteiger partial charge < -0.3 is 10.1 Å². The van der Waals surface area contributed by atoms with Gasteiger partial charge in [0.25, 0.3) is 0 Å². The van der Waals surface area contributed by atoms with Crippen LogP contribution < -0.4 is 10.1 Å². The average Bonchev–Trinajstić information content (AvgIpc) is 2.30. The lowest BCUT2D eigenvalue weighted by atomic mass is 10.1. The van der Waals surface area contributed by atoms with Crippen molar-refractivity contribution in [3.05, 3.63) is 29.8 Å². The van der Waals surface area contributed by atoms with E-state index >= 15 is 0 Å². The van der Waals surface area contributed by atoms with Crippen LogP contribution in [0.5, 0.6) is 5.75 Å². The van der Waals surface area contributed by atoms with Crippen LogP contribution in [0.25, 0.3) is 0 Å². The van der Waals surface area contributed by atoms with Crippen molar-refractivity contribution in [3.63, 3.8) is 0 Å². The quantitative estimate of drug-likeness (QED) is 0.739. The van der Waals surface area contributed by atoms with E-state index in [-0.39, 0.29) is 0 Å². The number of hydrogen-bond acceptors (Lipinski definition) is 3. The van der Waals surface area contributed by atoms with Gasteiger partial charge in [-0.1, -0.05) is 12.1 Å². The summed E-state index contributed by atoms with van der Waals surface area (Å²) in [5.74, 6) is 2.11. The summed E-state index contributed by atoms with van der Waals surface area (Å²) in [5, 5.41) is 3.49. The number of rotatable bonds is 7. The van der Waals surface area contributed by atoms with Gasteiger partial charge in [0.1, 0.15) is 5.75 Å². The zero-order valence-electron chi connectivity index (χ0n) is 10.3. The van der Waals surface area contributed by atoms with Crippen LogP contribution in [-0.2, 0) is 0 Å². The molecule has 1 rings (SSSR count). The molecule has 2 nitrogen and oxygen atoms in total. The third kappa shape index (κ3) is 4.45. The summed E-state index contributed by atoms with van der Waals surface area (Å²) in [6, 6.07) is 8.68. The predicted octanol–water partition coefficient (Wildman–Crippen LogP) is 3.10. The first-order valence-electron chi connectivity index (χ1n) is 5.73. The van der Waals surface area contributed by atoms with E-state index in [1.165, 1.54) is 5.56 Å². The molecule has 0 aliphatic carbocycles. The Morgan fingerprint density at radius 2 is 2.25 bits per heavy atom. The van der Waals surface area contributed by atoms with Crippen LogP contribution in [0.15, 0.2) is 24.3 Å². The fourth-order valence-electron chi connectivity index (χ4n) is 1.54. The zero-order valence-corrected chi connectivity index (χ0v) is 11.1. The number of ether oxygens (including phenoxy) is 1. The Balaban J connectivity index is 2.53. The molecule has 1 atom stereocenters. The van der Waals surface area contributed by atoms with Crippen LogP contribution in [0.4, 0.5) is 0 Å². The van der Waals surface area contributed by atoms with E-state index in [1.807, 2.05) is 30.8 Å². The molecule has 90 valence electrons. The van der Waals surface area contributed by atoms with Gasteiger partial charge >= 0.3 is 0 Å². The first-order chi connectivity index (χ1) is 7.77. The topological polar surface area (TPSA) is 21.3 Å². The summed E-state index contributed by atoms with van der Waals surface area (Å²) in [6.45, 7) is 5.96. The van der Waals surface area contributed by atoms with Crippen molar-refractivity contribution in [1.82, 2.24) is 5.32 Å². The molecule has 1 aromatic carbocycles. The molecule has 0 spiro atoms. The normalized spacial score (nSPS) is 12.4. The highest BCUT2D eigenvalue weighted by molar-refractivity contribution is 7.98. The van der Waals surface area contributed by atoms with Gasteiger partial charge in [0, 0.05) is 18.3 Å². The first kappa shape index (κ1) is 13.4. The molecule has 3 heteroatoms. The van der Waals surface area contributed by atoms with Crippen LogP contribution in [0, 0.1) is 0 Å². The van der Waals surface area contributed by atoms with E-state index in [9.17, 15) is 0 Å². The van der Waals surface area contributed by atoms with Crippen molar-refractivity contribution in [1.29, 1.82) is 0 Å². The molecule has 0 saturated heterocycles. The summed E-state index contributed by atoms with van der Waals surface area (Å²) in [7, 11) is 0. The number of benzene rings is 1. The summed E-state index contributed by atoms with van der Waals surface area (Å²) < 4.78 is 5.49. The molecule has 0 amide bonds. The maximum Gasteiger partial charge on any atom is 0.119 e. The van der Waals surface area contributed by atoms with Crippen molar-refractivity contribution >= 4 is 11.8 Å². The first-order valence-corrected chi connectivity index (χ1v) is 7.12. The van der Waals surface area contributed by atoms with E-state index in [0.29, 0.717) is 6.04 Å². The van der Waals surface area contributed by atoms with Crippen LogP contribution in [0.1, 0.15) is 25.5 Å². The molecular formula is C13H21NOS. The molecule has 0 radical (unpaired) electrons. The van der Waals surface area contributed by atoms with Crippen molar-refractivity contribution in [2.45, 2.75) is 19.9 Å². The van der Waals surface area contributed by atoms with Crippen molar-refractivity contribution in [3.8, 4) is 5.75 Å². The summed E-state index contributed by atoms with van der Waals surface area (Å²) in [5.41, 5.74) is 1.28. The Morgan fingerprint density at radius 3 is 2.94 bits per heavy atom. The fourth-order valence-corrected chi connectivity index (χ4v) is 1.86. The van der Waals surface area contributed by atoms with Gasteiger partial charge in [-0.25, -0.2) is 0 Å². The highest BCUT2D eigenvalue weighted by Gasteiger charge is 2.04. The fraction of sp³-hybridized carbons (Fsp3) is 0.538. The Kier molecular flexibility index (Phi) is 6.34. The molecule has 0 fully saturated rings. The molecule has 0 saturated carbocycles. The second-order valence-electron chi connectivity index (χ2n) is 3.67. The van der Waals surface area contributed by atoms with Gasteiger partial charge in [0.05, 0.1) is 6.61 Å². The maximum atomic E-state index is 5.49. The lowest BCUT2D eigenvalue weighted by Crippen LogP contribution is -2.21. The van der Waals surface area contributed by atoms with Crippen LogP contribution >= 0.6 is 11.8 Å².